The summed E-state index contributed by atoms with van der Waals surface area (Å²) in [5, 5.41) is 2.96. The van der Waals surface area contributed by atoms with E-state index in [1.165, 1.54) is 0 Å². The molecule has 0 saturated carbocycles. The largest absolute Gasteiger partial charge is 0.497 e. The molecule has 0 aromatic heterocycles. The summed E-state index contributed by atoms with van der Waals surface area (Å²) in [5.41, 5.74) is 0.743. The van der Waals surface area contributed by atoms with Crippen molar-refractivity contribution in [1.82, 2.24) is 15.1 Å². The second kappa shape index (κ2) is 11.0. The summed E-state index contributed by atoms with van der Waals surface area (Å²) < 4.78 is 5.27. The average Bonchev–Trinajstić information content (AvgIpc) is 3.18. The predicted octanol–water partition coefficient (Wildman–Crippen LogP) is 3.14. The van der Waals surface area contributed by atoms with E-state index in [0.717, 1.165) is 12.1 Å². The summed E-state index contributed by atoms with van der Waals surface area (Å²) in [6.45, 7) is 6.09. The van der Waals surface area contributed by atoms with Gasteiger partial charge in [-0.3, -0.25) is 14.4 Å². The molecule has 2 aliphatic rings. The fraction of sp³-hybridized carbons (Fsp3) is 0.464. The van der Waals surface area contributed by atoms with Crippen LogP contribution < -0.4 is 15.0 Å². The molecule has 1 spiro atoms. The van der Waals surface area contributed by atoms with Crippen LogP contribution in [0, 0.1) is 5.92 Å². The number of hydrogen-bond acceptors (Lipinski definition) is 5. The van der Waals surface area contributed by atoms with Crippen LogP contribution >= 0.6 is 0 Å². The van der Waals surface area contributed by atoms with Gasteiger partial charge >= 0.3 is 0 Å². The van der Waals surface area contributed by atoms with Gasteiger partial charge in [0.25, 0.3) is 11.8 Å². The van der Waals surface area contributed by atoms with Crippen LogP contribution in [0.2, 0.25) is 0 Å². The Hall–Kier alpha value is -3.55. The molecule has 2 saturated heterocycles. The molecular formula is C28H36N4O4. The third-order valence-electron chi connectivity index (χ3n) is 7.46. The number of rotatable bonds is 8. The van der Waals surface area contributed by atoms with Gasteiger partial charge in [0.2, 0.25) is 5.91 Å². The van der Waals surface area contributed by atoms with E-state index in [0.29, 0.717) is 56.4 Å². The number of carbonyl (C=O) groups excluding carboxylic acids is 3. The lowest BCUT2D eigenvalue weighted by Crippen LogP contribution is -2.57. The van der Waals surface area contributed by atoms with Crippen molar-refractivity contribution in [3.05, 3.63) is 60.2 Å². The van der Waals surface area contributed by atoms with Crippen molar-refractivity contribution in [2.75, 3.05) is 44.9 Å². The molecule has 2 aromatic carbocycles. The van der Waals surface area contributed by atoms with Crippen LogP contribution in [-0.4, -0.2) is 73.0 Å². The first kappa shape index (κ1) is 25.5. The van der Waals surface area contributed by atoms with Crippen LogP contribution in [0.15, 0.2) is 54.6 Å². The summed E-state index contributed by atoms with van der Waals surface area (Å²) in [7, 11) is 1.58. The van der Waals surface area contributed by atoms with Crippen LogP contribution in [0.3, 0.4) is 0 Å². The lowest BCUT2D eigenvalue weighted by molar-refractivity contribution is -0.137. The van der Waals surface area contributed by atoms with Gasteiger partial charge < -0.3 is 24.8 Å². The topological polar surface area (TPSA) is 82.2 Å². The van der Waals surface area contributed by atoms with E-state index in [4.69, 9.17) is 4.74 Å². The molecule has 0 radical (unpaired) electrons. The van der Waals surface area contributed by atoms with Gasteiger partial charge in [-0.25, -0.2) is 0 Å². The summed E-state index contributed by atoms with van der Waals surface area (Å²) in [4.78, 5) is 45.2. The van der Waals surface area contributed by atoms with E-state index in [1.54, 1.807) is 35.1 Å². The quantitative estimate of drug-likeness (QED) is 0.612. The molecule has 192 valence electrons. The molecular weight excluding hydrogens is 456 g/mol. The van der Waals surface area contributed by atoms with Crippen LogP contribution in [-0.2, 0) is 9.59 Å². The molecule has 1 N–H and O–H groups in total. The highest BCUT2D eigenvalue weighted by Crippen LogP contribution is 2.39. The Balaban J connectivity index is 1.50. The van der Waals surface area contributed by atoms with Gasteiger partial charge in [-0.1, -0.05) is 44.5 Å². The molecule has 0 aliphatic carbocycles. The number of ether oxygens (including phenoxy) is 1. The van der Waals surface area contributed by atoms with Crippen molar-refractivity contribution in [3.63, 3.8) is 0 Å². The van der Waals surface area contributed by atoms with Gasteiger partial charge in [0.05, 0.1) is 13.8 Å². The van der Waals surface area contributed by atoms with E-state index in [2.05, 4.69) is 24.1 Å². The maximum absolute atomic E-state index is 13.8. The summed E-state index contributed by atoms with van der Waals surface area (Å²) >= 11 is 0. The zero-order valence-electron chi connectivity index (χ0n) is 21.4. The number of carbonyl (C=O) groups is 3. The summed E-state index contributed by atoms with van der Waals surface area (Å²) in [6.07, 6.45) is 1.99. The number of nitrogens with zero attached hydrogens (tertiary/aromatic N) is 3. The molecule has 2 aliphatic heterocycles. The number of methoxy groups -OCH3 is 1. The fourth-order valence-electron chi connectivity index (χ4n) is 5.00. The van der Waals surface area contributed by atoms with Crippen molar-refractivity contribution in [2.45, 2.75) is 38.6 Å². The second-order valence-electron chi connectivity index (χ2n) is 9.78. The van der Waals surface area contributed by atoms with Crippen molar-refractivity contribution in [1.29, 1.82) is 0 Å². The van der Waals surface area contributed by atoms with E-state index >= 15 is 0 Å². The number of likely N-dealkylation sites (tertiary alicyclic amines) is 1. The molecule has 2 aromatic rings. The highest BCUT2D eigenvalue weighted by molar-refractivity contribution is 5.97. The van der Waals surface area contributed by atoms with Crippen LogP contribution in [0.1, 0.15) is 43.5 Å². The molecule has 2 fully saturated rings. The Bertz CT molecular complexity index is 1080. The van der Waals surface area contributed by atoms with E-state index in [9.17, 15) is 14.4 Å². The number of hydrogen-bond donors (Lipinski definition) is 1. The van der Waals surface area contributed by atoms with Crippen LogP contribution in [0.4, 0.5) is 5.69 Å². The zero-order valence-corrected chi connectivity index (χ0v) is 21.4. The average molecular weight is 493 g/mol. The molecule has 8 heteroatoms. The highest BCUT2D eigenvalue weighted by atomic mass is 16.5. The summed E-state index contributed by atoms with van der Waals surface area (Å²) in [6, 6.07) is 17.0. The summed E-state index contributed by atoms with van der Waals surface area (Å²) in [5.74, 6) is 0.777. The zero-order chi connectivity index (χ0) is 25.7. The van der Waals surface area contributed by atoms with Gasteiger partial charge in [-0.15, -0.1) is 0 Å². The second-order valence-corrected chi connectivity index (χ2v) is 9.78. The number of piperidine rings is 1. The van der Waals surface area contributed by atoms with Crippen molar-refractivity contribution < 1.29 is 19.1 Å². The molecule has 1 atom stereocenters. The minimum atomic E-state index is -0.774. The third kappa shape index (κ3) is 5.17. The number of nitrogens with one attached hydrogen (secondary N) is 1. The molecule has 2 heterocycles. The first-order valence-corrected chi connectivity index (χ1v) is 12.7. The molecule has 8 nitrogen and oxygen atoms in total. The Labute approximate surface area is 213 Å². The smallest absolute Gasteiger partial charge is 0.253 e. The van der Waals surface area contributed by atoms with Gasteiger partial charge in [0.15, 0.2) is 0 Å². The highest BCUT2D eigenvalue weighted by Gasteiger charge is 2.54. The van der Waals surface area contributed by atoms with Gasteiger partial charge in [-0.05, 0) is 49.1 Å². The SMILES string of the molecule is CCC(C)CNC(=O)CN1CN(c2ccccc2)C2(CCN(C(=O)c3cccc(OC)c3)CC2)C1=O. The number of anilines is 1. The lowest BCUT2D eigenvalue weighted by Gasteiger charge is -2.43. The molecule has 1 unspecified atom stereocenters. The Morgan fingerprint density at radius 3 is 2.47 bits per heavy atom. The molecule has 4 rings (SSSR count). The molecule has 0 bridgehead atoms. The van der Waals surface area contributed by atoms with Crippen molar-refractivity contribution >= 4 is 23.4 Å². The molecule has 3 amide bonds. The van der Waals surface area contributed by atoms with Crippen molar-refractivity contribution in [3.8, 4) is 5.75 Å². The standard InChI is InChI=1S/C28H36N4O4/c1-4-21(2)18-29-25(33)19-31-20-32(23-10-6-5-7-11-23)28(27(31)35)13-15-30(16-14-28)26(34)22-9-8-12-24(17-22)36-3/h5-12,17,21H,4,13-16,18-20H2,1-3H3,(H,29,33). The third-order valence-corrected chi connectivity index (χ3v) is 7.46. The van der Waals surface area contributed by atoms with E-state index < -0.39 is 5.54 Å². The van der Waals surface area contributed by atoms with Gasteiger partial charge in [0.1, 0.15) is 17.8 Å². The number of benzene rings is 2. The van der Waals surface area contributed by atoms with Crippen LogP contribution in [0.25, 0.3) is 0 Å². The van der Waals surface area contributed by atoms with Gasteiger partial charge in [-0.2, -0.15) is 0 Å². The monoisotopic (exact) mass is 492 g/mol. The van der Waals surface area contributed by atoms with Gasteiger partial charge in [0, 0.05) is 30.9 Å². The number of amides is 3. The van der Waals surface area contributed by atoms with Crippen molar-refractivity contribution in [2.24, 2.45) is 5.92 Å². The lowest BCUT2D eigenvalue weighted by atomic mass is 9.85. The maximum Gasteiger partial charge on any atom is 0.253 e. The fourth-order valence-corrected chi connectivity index (χ4v) is 5.00. The Morgan fingerprint density at radius 1 is 1.08 bits per heavy atom. The minimum absolute atomic E-state index is 0.0345. The Kier molecular flexibility index (Phi) is 7.82. The predicted molar refractivity (Wildman–Crippen MR) is 139 cm³/mol. The normalized spacial score (nSPS) is 17.9. The first-order valence-electron chi connectivity index (χ1n) is 12.7. The Morgan fingerprint density at radius 2 is 1.81 bits per heavy atom. The van der Waals surface area contributed by atoms with Crippen LogP contribution in [0.5, 0.6) is 5.75 Å². The van der Waals surface area contributed by atoms with E-state index in [-0.39, 0.29) is 24.3 Å². The maximum atomic E-state index is 13.8. The first-order chi connectivity index (χ1) is 17.4. The minimum Gasteiger partial charge on any atom is -0.497 e. The molecule has 36 heavy (non-hydrogen) atoms. The van der Waals surface area contributed by atoms with E-state index in [1.807, 2.05) is 36.4 Å². The number of para-hydroxylation sites is 1.